The van der Waals surface area contributed by atoms with Crippen LogP contribution in [0.15, 0.2) is 48.6 Å². The molecule has 0 amide bonds. The second kappa shape index (κ2) is 8.05. The monoisotopic (exact) mass is 300 g/mol. The summed E-state index contributed by atoms with van der Waals surface area (Å²) in [5.41, 5.74) is 7.59. The maximum atomic E-state index is 6.06. The minimum Gasteiger partial charge on any atom is -0.100 e. The van der Waals surface area contributed by atoms with Crippen LogP contribution >= 0.6 is 11.6 Å². The van der Waals surface area contributed by atoms with Crippen LogP contribution in [-0.4, -0.2) is 0 Å². The summed E-state index contributed by atoms with van der Waals surface area (Å²) in [6.07, 6.45) is 1.11. The van der Waals surface area contributed by atoms with E-state index in [0.717, 1.165) is 11.4 Å². The summed E-state index contributed by atoms with van der Waals surface area (Å²) >= 11 is 6.06. The van der Waals surface area contributed by atoms with Crippen molar-refractivity contribution in [1.29, 1.82) is 0 Å². The molecule has 0 saturated heterocycles. The molecule has 0 radical (unpaired) electrons. The van der Waals surface area contributed by atoms with Gasteiger partial charge in [0.15, 0.2) is 0 Å². The molecule has 0 saturated carbocycles. The van der Waals surface area contributed by atoms with Crippen LogP contribution in [0.25, 0.3) is 11.1 Å². The molecule has 0 spiro atoms. The van der Waals surface area contributed by atoms with Gasteiger partial charge in [-0.1, -0.05) is 53.9 Å². The highest BCUT2D eigenvalue weighted by atomic mass is 35.5. The topological polar surface area (TPSA) is 0 Å². The van der Waals surface area contributed by atoms with E-state index in [4.69, 9.17) is 11.6 Å². The zero-order valence-electron chi connectivity index (χ0n) is 13.8. The molecule has 2 aromatic rings. The SMILES string of the molecule is C=C(C)CC.Cc1ccc(C)c(-c2cc(Cl)ccc2C)c1. The third-order valence-corrected chi connectivity index (χ3v) is 3.72. The molecule has 0 bridgehead atoms. The summed E-state index contributed by atoms with van der Waals surface area (Å²) in [6, 6.07) is 12.6. The number of hydrogen-bond acceptors (Lipinski definition) is 0. The van der Waals surface area contributed by atoms with Crippen molar-refractivity contribution in [2.75, 3.05) is 0 Å². The summed E-state index contributed by atoms with van der Waals surface area (Å²) in [5.74, 6) is 0. The van der Waals surface area contributed by atoms with Crippen molar-refractivity contribution in [2.45, 2.75) is 41.0 Å². The summed E-state index contributed by atoms with van der Waals surface area (Å²) in [6.45, 7) is 14.2. The highest BCUT2D eigenvalue weighted by Crippen LogP contribution is 2.29. The van der Waals surface area contributed by atoms with Gasteiger partial charge in [0.2, 0.25) is 0 Å². The highest BCUT2D eigenvalue weighted by molar-refractivity contribution is 6.30. The Balaban J connectivity index is 0.000000383. The van der Waals surface area contributed by atoms with E-state index in [1.807, 2.05) is 19.1 Å². The fraction of sp³-hybridized carbons (Fsp3) is 0.300. The molecular weight excluding hydrogens is 276 g/mol. The van der Waals surface area contributed by atoms with Crippen LogP contribution in [0.2, 0.25) is 5.02 Å². The summed E-state index contributed by atoms with van der Waals surface area (Å²) in [4.78, 5) is 0. The number of rotatable bonds is 2. The van der Waals surface area contributed by atoms with E-state index in [1.54, 1.807) is 0 Å². The van der Waals surface area contributed by atoms with Gasteiger partial charge >= 0.3 is 0 Å². The van der Waals surface area contributed by atoms with Gasteiger partial charge in [-0.25, -0.2) is 0 Å². The van der Waals surface area contributed by atoms with E-state index in [9.17, 15) is 0 Å². The van der Waals surface area contributed by atoms with Crippen molar-refractivity contribution in [3.05, 3.63) is 70.3 Å². The average molecular weight is 301 g/mol. The van der Waals surface area contributed by atoms with Crippen molar-refractivity contribution >= 4 is 11.6 Å². The lowest BCUT2D eigenvalue weighted by Crippen LogP contribution is -1.88. The Bertz CT molecular complexity index is 574. The Morgan fingerprint density at radius 2 is 1.43 bits per heavy atom. The smallest absolute Gasteiger partial charge is 0.0412 e. The Kier molecular flexibility index (Phi) is 6.71. The van der Waals surface area contributed by atoms with Gasteiger partial charge in [0.25, 0.3) is 0 Å². The Labute approximate surface area is 134 Å². The molecule has 0 aliphatic heterocycles. The van der Waals surface area contributed by atoms with Gasteiger partial charge in [-0.15, -0.1) is 6.58 Å². The molecule has 0 aromatic heterocycles. The predicted molar refractivity (Wildman–Crippen MR) is 96.2 cm³/mol. The fourth-order valence-corrected chi connectivity index (χ4v) is 2.08. The molecule has 1 heteroatoms. The van der Waals surface area contributed by atoms with Gasteiger partial charge in [-0.05, 0) is 68.5 Å². The van der Waals surface area contributed by atoms with Crippen LogP contribution < -0.4 is 0 Å². The Morgan fingerprint density at radius 1 is 0.952 bits per heavy atom. The molecule has 112 valence electrons. The lowest BCUT2D eigenvalue weighted by Gasteiger charge is -2.10. The van der Waals surface area contributed by atoms with E-state index < -0.39 is 0 Å². The molecule has 0 atom stereocenters. The molecule has 0 fully saturated rings. The number of halogens is 1. The maximum Gasteiger partial charge on any atom is 0.0412 e. The molecule has 0 heterocycles. The Morgan fingerprint density at radius 3 is 1.95 bits per heavy atom. The number of aryl methyl sites for hydroxylation is 3. The molecule has 21 heavy (non-hydrogen) atoms. The van der Waals surface area contributed by atoms with Crippen molar-refractivity contribution in [2.24, 2.45) is 0 Å². The average Bonchev–Trinajstić information content (AvgIpc) is 2.45. The number of hydrogen-bond donors (Lipinski definition) is 0. The van der Waals surface area contributed by atoms with Crippen molar-refractivity contribution < 1.29 is 0 Å². The van der Waals surface area contributed by atoms with Crippen LogP contribution in [0.1, 0.15) is 37.0 Å². The minimum absolute atomic E-state index is 0.793. The zero-order valence-corrected chi connectivity index (χ0v) is 14.5. The second-order valence-corrected chi connectivity index (χ2v) is 6.02. The first-order chi connectivity index (χ1) is 9.85. The minimum atomic E-state index is 0.793. The van der Waals surface area contributed by atoms with Crippen LogP contribution in [-0.2, 0) is 0 Å². The van der Waals surface area contributed by atoms with Gasteiger partial charge in [-0.3, -0.25) is 0 Å². The molecule has 2 rings (SSSR count). The van der Waals surface area contributed by atoms with Crippen LogP contribution in [0.5, 0.6) is 0 Å². The van der Waals surface area contributed by atoms with Crippen LogP contribution in [0.4, 0.5) is 0 Å². The lowest BCUT2D eigenvalue weighted by molar-refractivity contribution is 1.11. The fourth-order valence-electron chi connectivity index (χ4n) is 1.91. The summed E-state index contributed by atoms with van der Waals surface area (Å²) < 4.78 is 0. The third kappa shape index (κ3) is 5.40. The van der Waals surface area contributed by atoms with Crippen molar-refractivity contribution in [1.82, 2.24) is 0 Å². The second-order valence-electron chi connectivity index (χ2n) is 5.59. The highest BCUT2D eigenvalue weighted by Gasteiger charge is 2.06. The largest absolute Gasteiger partial charge is 0.100 e. The van der Waals surface area contributed by atoms with Crippen molar-refractivity contribution in [3.8, 4) is 11.1 Å². The van der Waals surface area contributed by atoms with Gasteiger partial charge in [0.05, 0.1) is 0 Å². The van der Waals surface area contributed by atoms with Gasteiger partial charge in [-0.2, -0.15) is 0 Å². The number of benzene rings is 2. The summed E-state index contributed by atoms with van der Waals surface area (Å²) in [7, 11) is 0. The van der Waals surface area contributed by atoms with E-state index in [2.05, 4.69) is 58.5 Å². The first kappa shape index (κ1) is 17.5. The molecular formula is C20H25Cl. The quantitative estimate of drug-likeness (QED) is 0.529. The van der Waals surface area contributed by atoms with E-state index in [1.165, 1.54) is 33.4 Å². The van der Waals surface area contributed by atoms with Gasteiger partial charge in [0.1, 0.15) is 0 Å². The van der Waals surface area contributed by atoms with E-state index in [-0.39, 0.29) is 0 Å². The van der Waals surface area contributed by atoms with E-state index >= 15 is 0 Å². The van der Waals surface area contributed by atoms with Crippen molar-refractivity contribution in [3.63, 3.8) is 0 Å². The lowest BCUT2D eigenvalue weighted by atomic mass is 9.95. The Hall–Kier alpha value is -1.53. The first-order valence-corrected chi connectivity index (χ1v) is 7.71. The zero-order chi connectivity index (χ0) is 16.0. The van der Waals surface area contributed by atoms with Crippen LogP contribution in [0.3, 0.4) is 0 Å². The molecule has 0 N–H and O–H groups in total. The standard InChI is InChI=1S/C15H15Cl.C5H10/c1-10-4-5-11(2)14(8-10)15-9-13(16)7-6-12(15)3;1-4-5(2)3/h4-9H,1-3H3;2,4H2,1,3H3. The summed E-state index contributed by atoms with van der Waals surface area (Å²) in [5, 5.41) is 0.793. The van der Waals surface area contributed by atoms with E-state index in [0.29, 0.717) is 0 Å². The third-order valence-electron chi connectivity index (χ3n) is 3.49. The van der Waals surface area contributed by atoms with Crippen LogP contribution in [0, 0.1) is 20.8 Å². The molecule has 2 aromatic carbocycles. The molecule has 0 nitrogen and oxygen atoms in total. The van der Waals surface area contributed by atoms with Gasteiger partial charge < -0.3 is 0 Å². The predicted octanol–water partition coefficient (Wildman–Crippen LogP) is 6.90. The van der Waals surface area contributed by atoms with Gasteiger partial charge in [0, 0.05) is 5.02 Å². The maximum absolute atomic E-state index is 6.06. The number of allylic oxidation sites excluding steroid dienone is 1. The molecule has 0 aliphatic carbocycles. The molecule has 0 unspecified atom stereocenters. The first-order valence-electron chi connectivity index (χ1n) is 7.33. The molecule has 0 aliphatic rings. The normalized spacial score (nSPS) is 9.81.